The number of halogens is 2. The van der Waals surface area contributed by atoms with Crippen LogP contribution in [0.1, 0.15) is 19.3 Å². The number of hydrogen-bond acceptors (Lipinski definition) is 5. The Morgan fingerprint density at radius 2 is 2.04 bits per heavy atom. The van der Waals surface area contributed by atoms with Crippen LogP contribution in [0.15, 0.2) is 23.7 Å². The molecule has 1 N–H and O–H groups in total. The van der Waals surface area contributed by atoms with Crippen LogP contribution in [0, 0.1) is 11.2 Å². The predicted molar refractivity (Wildman–Crippen MR) is 100 cm³/mol. The van der Waals surface area contributed by atoms with Crippen molar-refractivity contribution in [3.8, 4) is 10.4 Å². The minimum Gasteiger partial charge on any atom is -0.449 e. The standard InChI is InChI=1S/C18H19ClFN3O2S/c19-13-7-12(8-14(20)9-13)15-16(21-11-26-15)22-17(24)25-10-18-1-4-23(5-2-18)6-3-18/h7-9,11H,1-6,10H2,(H,22,24). The monoisotopic (exact) mass is 395 g/mol. The van der Waals surface area contributed by atoms with Gasteiger partial charge in [-0.2, -0.15) is 0 Å². The molecule has 0 unspecified atom stereocenters. The van der Waals surface area contributed by atoms with Crippen molar-refractivity contribution in [1.82, 2.24) is 9.88 Å². The fourth-order valence-corrected chi connectivity index (χ4v) is 4.64. The van der Waals surface area contributed by atoms with Crippen molar-refractivity contribution in [3.05, 3.63) is 34.5 Å². The van der Waals surface area contributed by atoms with E-state index in [0.717, 1.165) is 38.9 Å². The maximum Gasteiger partial charge on any atom is 0.412 e. The molecule has 3 saturated heterocycles. The molecule has 2 aromatic rings. The molecule has 0 radical (unpaired) electrons. The van der Waals surface area contributed by atoms with Crippen molar-refractivity contribution in [1.29, 1.82) is 0 Å². The number of nitrogens with one attached hydrogen (secondary N) is 1. The van der Waals surface area contributed by atoms with Gasteiger partial charge in [0, 0.05) is 10.4 Å². The van der Waals surface area contributed by atoms with Crippen molar-refractivity contribution in [2.75, 3.05) is 31.6 Å². The molecule has 2 bridgehead atoms. The Hall–Kier alpha value is -1.70. The highest BCUT2D eigenvalue weighted by Gasteiger charge is 2.40. The molecule has 0 aliphatic carbocycles. The number of fused-ring (bicyclic) bond motifs is 3. The molecule has 3 aliphatic heterocycles. The van der Waals surface area contributed by atoms with Crippen LogP contribution in [0.5, 0.6) is 0 Å². The fourth-order valence-electron chi connectivity index (χ4n) is 3.69. The molecular weight excluding hydrogens is 377 g/mol. The second-order valence-electron chi connectivity index (χ2n) is 6.98. The molecule has 26 heavy (non-hydrogen) atoms. The summed E-state index contributed by atoms with van der Waals surface area (Å²) >= 11 is 7.23. The van der Waals surface area contributed by atoms with Gasteiger partial charge in [0.2, 0.25) is 0 Å². The minimum absolute atomic E-state index is 0.118. The molecule has 5 nitrogen and oxygen atoms in total. The Morgan fingerprint density at radius 3 is 2.73 bits per heavy atom. The molecule has 1 aromatic heterocycles. The number of rotatable bonds is 4. The third-order valence-electron chi connectivity index (χ3n) is 5.30. The van der Waals surface area contributed by atoms with Gasteiger partial charge >= 0.3 is 6.09 Å². The summed E-state index contributed by atoms with van der Waals surface area (Å²) in [6.07, 6.45) is 2.69. The maximum atomic E-state index is 13.6. The van der Waals surface area contributed by atoms with Crippen LogP contribution >= 0.6 is 22.9 Å². The average molecular weight is 396 g/mol. The Balaban J connectivity index is 1.41. The highest BCUT2D eigenvalue weighted by Crippen LogP contribution is 2.40. The Kier molecular flexibility index (Phi) is 4.86. The molecule has 5 rings (SSSR count). The number of nitrogens with zero attached hydrogens (tertiary/aromatic N) is 2. The molecule has 1 amide bonds. The number of aromatic nitrogens is 1. The predicted octanol–water partition coefficient (Wildman–Crippen LogP) is 4.64. The van der Waals surface area contributed by atoms with Gasteiger partial charge in [-0.25, -0.2) is 14.2 Å². The number of hydrogen-bond donors (Lipinski definition) is 1. The third-order valence-corrected chi connectivity index (χ3v) is 6.39. The van der Waals surface area contributed by atoms with Gasteiger partial charge < -0.3 is 9.64 Å². The largest absolute Gasteiger partial charge is 0.449 e. The van der Waals surface area contributed by atoms with Crippen molar-refractivity contribution < 1.29 is 13.9 Å². The number of anilines is 1. The van der Waals surface area contributed by atoms with Crippen LogP contribution in [0.2, 0.25) is 5.02 Å². The summed E-state index contributed by atoms with van der Waals surface area (Å²) in [6.45, 7) is 3.68. The lowest BCUT2D eigenvalue weighted by Gasteiger charge is -2.47. The number of piperidine rings is 3. The zero-order valence-electron chi connectivity index (χ0n) is 14.1. The lowest BCUT2D eigenvalue weighted by molar-refractivity contribution is -0.0190. The number of amides is 1. The quantitative estimate of drug-likeness (QED) is 0.819. The first kappa shape index (κ1) is 17.7. The van der Waals surface area contributed by atoms with Crippen LogP contribution in [0.3, 0.4) is 0 Å². The molecule has 3 fully saturated rings. The van der Waals surface area contributed by atoms with E-state index in [2.05, 4.69) is 15.2 Å². The fraction of sp³-hybridized carbons (Fsp3) is 0.444. The van der Waals surface area contributed by atoms with E-state index in [1.807, 2.05) is 0 Å². The van der Waals surface area contributed by atoms with Crippen molar-refractivity contribution in [3.63, 3.8) is 0 Å². The molecular formula is C18H19ClFN3O2S. The first-order valence-electron chi connectivity index (χ1n) is 8.59. The van der Waals surface area contributed by atoms with Gasteiger partial charge in [-0.05, 0) is 62.7 Å². The van der Waals surface area contributed by atoms with E-state index in [-0.39, 0.29) is 5.41 Å². The normalized spacial score (nSPS) is 24.5. The molecule has 1 aromatic carbocycles. The van der Waals surface area contributed by atoms with Crippen LogP contribution < -0.4 is 5.32 Å². The first-order valence-corrected chi connectivity index (χ1v) is 9.85. The number of carbonyl (C=O) groups is 1. The highest BCUT2D eigenvalue weighted by atomic mass is 35.5. The van der Waals surface area contributed by atoms with Gasteiger partial charge in [-0.15, -0.1) is 11.3 Å². The van der Waals surface area contributed by atoms with E-state index in [1.54, 1.807) is 11.6 Å². The highest BCUT2D eigenvalue weighted by molar-refractivity contribution is 7.13. The summed E-state index contributed by atoms with van der Waals surface area (Å²) in [7, 11) is 0. The zero-order chi connectivity index (χ0) is 18.1. The van der Waals surface area contributed by atoms with Crippen LogP contribution in [0.4, 0.5) is 15.0 Å². The molecule has 4 heterocycles. The number of carbonyl (C=O) groups excluding carboxylic acids is 1. The molecule has 0 atom stereocenters. The molecule has 0 spiro atoms. The van der Waals surface area contributed by atoms with Gasteiger partial charge in [0.05, 0.1) is 17.0 Å². The van der Waals surface area contributed by atoms with E-state index in [1.165, 1.54) is 23.5 Å². The third kappa shape index (κ3) is 3.70. The molecule has 3 aliphatic rings. The van der Waals surface area contributed by atoms with Crippen molar-refractivity contribution in [2.45, 2.75) is 19.3 Å². The number of benzene rings is 1. The SMILES string of the molecule is O=C(Nc1ncsc1-c1cc(F)cc(Cl)c1)OCC12CCN(CC1)CC2. The average Bonchev–Trinajstić information content (AvgIpc) is 3.09. The zero-order valence-corrected chi connectivity index (χ0v) is 15.7. The van der Waals surface area contributed by atoms with E-state index < -0.39 is 11.9 Å². The van der Waals surface area contributed by atoms with Crippen LogP contribution in [-0.4, -0.2) is 42.2 Å². The van der Waals surface area contributed by atoms with E-state index in [4.69, 9.17) is 16.3 Å². The smallest absolute Gasteiger partial charge is 0.412 e. The lowest BCUT2D eigenvalue weighted by atomic mass is 9.73. The summed E-state index contributed by atoms with van der Waals surface area (Å²) in [6, 6.07) is 4.25. The van der Waals surface area contributed by atoms with E-state index >= 15 is 0 Å². The van der Waals surface area contributed by atoms with Crippen molar-refractivity contribution in [2.24, 2.45) is 5.41 Å². The summed E-state index contributed by atoms with van der Waals surface area (Å²) in [5.74, 6) is -0.0743. The van der Waals surface area contributed by atoms with E-state index in [0.29, 0.717) is 27.9 Å². The summed E-state index contributed by atoms with van der Waals surface area (Å²) in [4.78, 5) is 19.5. The Bertz CT molecular complexity index is 786. The van der Waals surface area contributed by atoms with Crippen LogP contribution in [0.25, 0.3) is 10.4 Å². The summed E-state index contributed by atoms with van der Waals surface area (Å²) < 4.78 is 19.1. The summed E-state index contributed by atoms with van der Waals surface area (Å²) in [5.41, 5.74) is 2.29. The minimum atomic E-state index is -0.526. The maximum absolute atomic E-state index is 13.6. The van der Waals surface area contributed by atoms with Crippen LogP contribution in [-0.2, 0) is 4.74 Å². The van der Waals surface area contributed by atoms with Crippen molar-refractivity contribution >= 4 is 34.8 Å². The van der Waals surface area contributed by atoms with Gasteiger partial charge in [0.25, 0.3) is 0 Å². The van der Waals surface area contributed by atoms with E-state index in [9.17, 15) is 9.18 Å². The molecule has 138 valence electrons. The van der Waals surface area contributed by atoms with Gasteiger partial charge in [0.1, 0.15) is 5.82 Å². The van der Waals surface area contributed by atoms with Gasteiger partial charge in [-0.3, -0.25) is 5.32 Å². The second-order valence-corrected chi connectivity index (χ2v) is 8.27. The lowest BCUT2D eigenvalue weighted by Crippen LogP contribution is -2.50. The Labute approximate surface area is 160 Å². The first-order chi connectivity index (χ1) is 12.5. The molecule has 8 heteroatoms. The van der Waals surface area contributed by atoms with Gasteiger partial charge in [0.15, 0.2) is 5.82 Å². The molecule has 0 saturated carbocycles. The number of thiazole rings is 1. The number of ether oxygens (including phenoxy) is 1. The second kappa shape index (κ2) is 7.13. The van der Waals surface area contributed by atoms with Gasteiger partial charge in [-0.1, -0.05) is 11.6 Å². The Morgan fingerprint density at radius 1 is 1.31 bits per heavy atom. The topological polar surface area (TPSA) is 54.5 Å². The summed E-state index contributed by atoms with van der Waals surface area (Å²) in [5, 5.41) is 2.98.